The molecular formula is C2Hg2N2O. The Morgan fingerprint density at radius 3 is 1.43 bits per heavy atom. The fourth-order valence-corrected chi connectivity index (χ4v) is 0.310. The third-order valence-corrected chi connectivity index (χ3v) is 1.39. The van der Waals surface area contributed by atoms with Crippen LogP contribution in [0.2, 0.25) is 0 Å². The normalized spacial score (nSPS) is 2.00. The molecule has 0 N–H and O–H groups in total. The molecule has 0 aliphatic rings. The van der Waals surface area contributed by atoms with Crippen molar-refractivity contribution in [3.05, 3.63) is 0 Å². The predicted octanol–water partition coefficient (Wildman–Crippen LogP) is -0.0902. The molecule has 0 heterocycles. The van der Waals surface area contributed by atoms with Gasteiger partial charge in [0.25, 0.3) is 0 Å². The molecule has 0 unspecified atom stereocenters. The van der Waals surface area contributed by atoms with Crippen molar-refractivity contribution < 1.29 is 57.7 Å². The standard InChI is InChI=1S/2CN.2Hg.O/c2*1-2;;;/q;;;+2;-2. The van der Waals surface area contributed by atoms with Crippen LogP contribution in [0.15, 0.2) is 0 Å². The van der Waals surface area contributed by atoms with Gasteiger partial charge in [0, 0.05) is 0 Å². The first-order valence-electron chi connectivity index (χ1n) is 1.15. The second-order valence-electron chi connectivity index (χ2n) is 0.493. The van der Waals surface area contributed by atoms with Crippen molar-refractivity contribution in [3.63, 3.8) is 0 Å². The summed E-state index contributed by atoms with van der Waals surface area (Å²) in [5.74, 6) is 0. The molecule has 0 rings (SSSR count). The maximum atomic E-state index is 7.69. The minimum atomic E-state index is -1.53. The summed E-state index contributed by atoms with van der Waals surface area (Å²) >= 11 is -1.53. The molecule has 0 atom stereocenters. The van der Waals surface area contributed by atoms with E-state index >= 15 is 0 Å². The summed E-state index contributed by atoms with van der Waals surface area (Å²) in [6, 6.07) is 0. The van der Waals surface area contributed by atoms with Crippen LogP contribution in [0.1, 0.15) is 0 Å². The Bertz CT molecular complexity index is 78.8. The van der Waals surface area contributed by atoms with E-state index in [0.717, 1.165) is 0 Å². The van der Waals surface area contributed by atoms with Crippen molar-refractivity contribution in [2.45, 2.75) is 0 Å². The molecule has 0 amide bonds. The molecule has 0 fully saturated rings. The van der Waals surface area contributed by atoms with Crippen molar-refractivity contribution in [2.24, 2.45) is 0 Å². The Morgan fingerprint density at radius 2 is 1.43 bits per heavy atom. The first kappa shape index (κ1) is 15.7. The van der Waals surface area contributed by atoms with Crippen molar-refractivity contribution in [1.82, 2.24) is 0 Å². The fourth-order valence-electron chi connectivity index (χ4n) is 0.0354. The zero-order valence-corrected chi connectivity index (χ0v) is 14.7. The molecule has 0 saturated carbocycles. The van der Waals surface area contributed by atoms with Crippen LogP contribution in [-0.4, -0.2) is 0 Å². The monoisotopic (exact) mass is 472 g/mol. The van der Waals surface area contributed by atoms with Crippen LogP contribution in [0, 0.1) is 17.7 Å². The summed E-state index contributed by atoms with van der Waals surface area (Å²) in [7, 11) is 0. The predicted molar refractivity (Wildman–Crippen MR) is 11.9 cm³/mol. The van der Waals surface area contributed by atoms with Gasteiger partial charge in [0.15, 0.2) is 0 Å². The molecule has 7 heavy (non-hydrogen) atoms. The number of hydrogen-bond donors (Lipinski definition) is 0. The summed E-state index contributed by atoms with van der Waals surface area (Å²) in [4.78, 5) is 0. The minimum Gasteiger partial charge on any atom is -2.00 e. The third-order valence-electron chi connectivity index (χ3n) is 0.158. The van der Waals surface area contributed by atoms with Crippen LogP contribution >= 0.6 is 0 Å². The Morgan fingerprint density at radius 1 is 1.14 bits per heavy atom. The molecular weight excluding hydrogens is 469 g/mol. The molecule has 0 aliphatic carbocycles. The van der Waals surface area contributed by atoms with Crippen LogP contribution in [0.5, 0.6) is 0 Å². The zero-order valence-electron chi connectivity index (χ0n) is 3.72. The van der Waals surface area contributed by atoms with E-state index in [9.17, 15) is 0 Å². The average Bonchev–Trinajstić information content (AvgIpc) is 1.41. The van der Waals surface area contributed by atoms with Gasteiger partial charge in [0.05, 0.1) is 0 Å². The zero-order chi connectivity index (χ0) is 4.12. The van der Waals surface area contributed by atoms with Crippen LogP contribution in [-0.2, 0) is 57.7 Å². The molecule has 0 aromatic heterocycles. The first-order valence-corrected chi connectivity index (χ1v) is 6.65. The molecule has 3 nitrogen and oxygen atoms in total. The van der Waals surface area contributed by atoms with E-state index in [4.69, 9.17) is 10.5 Å². The number of nitrogens with zero attached hydrogens (tertiary/aromatic N) is 2. The number of hydrogen-bond acceptors (Lipinski definition) is 2. The van der Waals surface area contributed by atoms with Gasteiger partial charge in [-0.25, -0.2) is 0 Å². The van der Waals surface area contributed by atoms with Gasteiger partial charge in [0.1, 0.15) is 0 Å². The van der Waals surface area contributed by atoms with Crippen molar-refractivity contribution >= 4 is 0 Å². The van der Waals surface area contributed by atoms with E-state index in [1.54, 1.807) is 0 Å². The van der Waals surface area contributed by atoms with Crippen molar-refractivity contribution in [1.29, 1.82) is 10.5 Å². The maximum absolute atomic E-state index is 7.69. The number of nitriles is 2. The van der Waals surface area contributed by atoms with Crippen molar-refractivity contribution in [2.75, 3.05) is 0 Å². The van der Waals surface area contributed by atoms with Gasteiger partial charge in [-0.15, -0.1) is 0 Å². The summed E-state index contributed by atoms with van der Waals surface area (Å²) < 4.78 is 3.76. The Balaban J connectivity index is -0.0000000800. The van der Waals surface area contributed by atoms with Crippen molar-refractivity contribution in [3.8, 4) is 7.16 Å². The van der Waals surface area contributed by atoms with Crippen LogP contribution < -0.4 is 0 Å². The SMILES string of the molecule is N#[C][Hg][C]#N.[Hg+2].[O-2]. The van der Waals surface area contributed by atoms with Gasteiger partial charge in [-0.1, -0.05) is 0 Å². The third kappa shape index (κ3) is 20.0. The Hall–Kier alpha value is 0.810. The minimum absolute atomic E-state index is 0. The smallest absolute Gasteiger partial charge is 2.00 e. The van der Waals surface area contributed by atoms with Gasteiger partial charge in [-0.2, -0.15) is 0 Å². The molecule has 0 radical (unpaired) electrons. The van der Waals surface area contributed by atoms with Crippen LogP contribution in [0.4, 0.5) is 0 Å². The van der Waals surface area contributed by atoms with E-state index in [1.807, 2.05) is 7.16 Å². The molecule has 5 heteroatoms. The van der Waals surface area contributed by atoms with E-state index in [0.29, 0.717) is 0 Å². The van der Waals surface area contributed by atoms with Crippen LogP contribution in [0.3, 0.4) is 0 Å². The molecule has 0 spiro atoms. The van der Waals surface area contributed by atoms with E-state index in [1.165, 1.54) is 0 Å². The molecule has 0 bridgehead atoms. The van der Waals surface area contributed by atoms with Gasteiger partial charge in [-0.05, 0) is 0 Å². The fraction of sp³-hybridized carbons (Fsp3) is 0. The van der Waals surface area contributed by atoms with Gasteiger partial charge >= 0.3 is 69.9 Å². The topological polar surface area (TPSA) is 76.1 Å². The van der Waals surface area contributed by atoms with Gasteiger partial charge in [0.2, 0.25) is 0 Å². The van der Waals surface area contributed by atoms with E-state index < -0.39 is 24.6 Å². The van der Waals surface area contributed by atoms with Gasteiger partial charge in [-0.3, -0.25) is 0 Å². The van der Waals surface area contributed by atoms with E-state index in [2.05, 4.69) is 0 Å². The second kappa shape index (κ2) is 15.8. The summed E-state index contributed by atoms with van der Waals surface area (Å²) in [6.45, 7) is 0. The molecule has 0 aliphatic heterocycles. The Labute approximate surface area is 74.6 Å². The summed E-state index contributed by atoms with van der Waals surface area (Å²) in [6.07, 6.45) is 0. The largest absolute Gasteiger partial charge is 2.00 e. The first-order chi connectivity index (χ1) is 2.41. The molecule has 0 aromatic rings. The quantitative estimate of drug-likeness (QED) is 0.466. The van der Waals surface area contributed by atoms with Crippen LogP contribution in [0.25, 0.3) is 0 Å². The second-order valence-corrected chi connectivity index (χ2v) is 4.33. The summed E-state index contributed by atoms with van der Waals surface area (Å²) in [5.41, 5.74) is 0. The van der Waals surface area contributed by atoms with Gasteiger partial charge < -0.3 is 5.48 Å². The maximum Gasteiger partial charge on any atom is 2.00 e. The molecule has 0 aromatic carbocycles. The van der Waals surface area contributed by atoms with E-state index in [-0.39, 0.29) is 33.1 Å². The Kier molecular flexibility index (Phi) is 35.4. The molecule has 28 valence electrons. The average molecular weight is 469 g/mol. The number of rotatable bonds is 0. The summed E-state index contributed by atoms with van der Waals surface area (Å²) in [5, 5.41) is 15.4. The molecule has 0 saturated heterocycles.